The fourth-order valence-corrected chi connectivity index (χ4v) is 13.2. The average molecular weight is 1020 g/mol. The van der Waals surface area contributed by atoms with Gasteiger partial charge in [-0.1, -0.05) is 235 Å². The van der Waals surface area contributed by atoms with Crippen LogP contribution < -0.4 is 26.2 Å². The SMILES string of the molecule is CC(C)(C)c1ccc(-c2nc3cc4c(cc3s2)B2c3cc(C(C)(C)C)ccc3N(c3ccc(C(C)(C)C)cc3)c3cc(C(c5ccccc5)(c5ccccc5)c5ccccc5)cc(c32)N4c2ccc(C(C)(C)C)cc2)cc1. The third-order valence-electron chi connectivity index (χ3n) is 16.5. The molecular weight excluding hydrogens is 950 g/mol. The number of hydrogen-bond donors (Lipinski definition) is 0. The van der Waals surface area contributed by atoms with Gasteiger partial charge in [0.05, 0.1) is 15.6 Å². The molecule has 1 aromatic heterocycles. The molecule has 0 N–H and O–H groups in total. The van der Waals surface area contributed by atoms with Gasteiger partial charge in [-0.15, -0.1) is 11.3 Å². The number of thiazole rings is 1. The Morgan fingerprint density at radius 3 is 1.19 bits per heavy atom. The summed E-state index contributed by atoms with van der Waals surface area (Å²) in [4.78, 5) is 10.7. The Morgan fingerprint density at radius 2 is 0.753 bits per heavy atom. The van der Waals surface area contributed by atoms with Crippen molar-refractivity contribution in [3.05, 3.63) is 251 Å². The molecular formula is C72H70BN3S. The fraction of sp³-hybridized carbons (Fsp3) is 0.236. The predicted molar refractivity (Wildman–Crippen MR) is 332 cm³/mol. The van der Waals surface area contributed by atoms with Crippen molar-refractivity contribution in [2.75, 3.05) is 9.80 Å². The quantitative estimate of drug-likeness (QED) is 0.117. The van der Waals surface area contributed by atoms with Gasteiger partial charge in [0, 0.05) is 39.7 Å². The van der Waals surface area contributed by atoms with Crippen LogP contribution in [0.2, 0.25) is 0 Å². The summed E-state index contributed by atoms with van der Waals surface area (Å²) < 4.78 is 1.19. The van der Waals surface area contributed by atoms with Gasteiger partial charge >= 0.3 is 0 Å². The number of anilines is 6. The molecule has 0 bridgehead atoms. The largest absolute Gasteiger partial charge is 0.311 e. The summed E-state index contributed by atoms with van der Waals surface area (Å²) in [6.07, 6.45) is 0. The molecule has 0 aliphatic carbocycles. The number of benzene rings is 9. The van der Waals surface area contributed by atoms with E-state index in [-0.39, 0.29) is 28.4 Å². The molecule has 10 aromatic rings. The zero-order chi connectivity index (χ0) is 53.8. The molecule has 382 valence electrons. The van der Waals surface area contributed by atoms with Crippen LogP contribution in [0.25, 0.3) is 20.8 Å². The highest BCUT2D eigenvalue weighted by molar-refractivity contribution is 7.21. The van der Waals surface area contributed by atoms with Crippen molar-refractivity contribution in [2.24, 2.45) is 0 Å². The second kappa shape index (κ2) is 18.3. The lowest BCUT2D eigenvalue weighted by molar-refractivity contribution is 0.590. The first-order valence-corrected chi connectivity index (χ1v) is 28.4. The van der Waals surface area contributed by atoms with Crippen molar-refractivity contribution in [3.63, 3.8) is 0 Å². The van der Waals surface area contributed by atoms with Crippen molar-refractivity contribution in [3.8, 4) is 10.6 Å². The first kappa shape index (κ1) is 50.4. The van der Waals surface area contributed by atoms with Crippen LogP contribution in [-0.2, 0) is 27.1 Å². The third kappa shape index (κ3) is 8.63. The van der Waals surface area contributed by atoms with E-state index < -0.39 is 5.41 Å². The molecule has 0 spiro atoms. The molecule has 3 nitrogen and oxygen atoms in total. The molecule has 2 aliphatic rings. The Hall–Kier alpha value is -7.47. The van der Waals surface area contributed by atoms with E-state index in [4.69, 9.17) is 4.98 Å². The lowest BCUT2D eigenvalue weighted by Crippen LogP contribution is -2.61. The fourth-order valence-electron chi connectivity index (χ4n) is 12.2. The highest BCUT2D eigenvalue weighted by atomic mass is 32.1. The summed E-state index contributed by atoms with van der Waals surface area (Å²) in [7, 11) is 0. The van der Waals surface area contributed by atoms with Crippen molar-refractivity contribution in [1.82, 2.24) is 4.98 Å². The number of nitrogens with zero attached hydrogens (tertiary/aromatic N) is 3. The minimum atomic E-state index is -0.721. The van der Waals surface area contributed by atoms with Gasteiger partial charge in [-0.25, -0.2) is 4.98 Å². The van der Waals surface area contributed by atoms with E-state index in [2.05, 4.69) is 299 Å². The summed E-state index contributed by atoms with van der Waals surface area (Å²) >= 11 is 1.80. The minimum Gasteiger partial charge on any atom is -0.311 e. The molecule has 0 amide bonds. The first-order valence-electron chi connectivity index (χ1n) is 27.6. The maximum absolute atomic E-state index is 5.52. The van der Waals surface area contributed by atoms with E-state index in [0.717, 1.165) is 33.1 Å². The molecule has 9 aromatic carbocycles. The van der Waals surface area contributed by atoms with Crippen LogP contribution in [-0.4, -0.2) is 11.7 Å². The summed E-state index contributed by atoms with van der Waals surface area (Å²) in [5.74, 6) is 0. The first-order chi connectivity index (χ1) is 36.7. The normalized spacial score (nSPS) is 13.6. The van der Waals surface area contributed by atoms with Gasteiger partial charge in [0.1, 0.15) is 5.01 Å². The summed E-state index contributed by atoms with van der Waals surface area (Å²) in [6.45, 7) is 27.6. The molecule has 0 fully saturated rings. The summed E-state index contributed by atoms with van der Waals surface area (Å²) in [6, 6.07) is 78.8. The highest BCUT2D eigenvalue weighted by Gasteiger charge is 2.47. The number of aromatic nitrogens is 1. The molecule has 2 aliphatic heterocycles. The molecule has 0 unspecified atom stereocenters. The Labute approximate surface area is 462 Å². The topological polar surface area (TPSA) is 19.4 Å². The van der Waals surface area contributed by atoms with Crippen molar-refractivity contribution in [1.29, 1.82) is 0 Å². The van der Waals surface area contributed by atoms with Gasteiger partial charge in [0.25, 0.3) is 6.71 Å². The van der Waals surface area contributed by atoms with E-state index >= 15 is 0 Å². The molecule has 12 rings (SSSR count). The molecule has 0 saturated carbocycles. The Morgan fingerprint density at radius 1 is 0.351 bits per heavy atom. The Balaban J connectivity index is 1.23. The van der Waals surface area contributed by atoms with E-state index in [1.807, 2.05) is 0 Å². The Kier molecular flexibility index (Phi) is 12.0. The van der Waals surface area contributed by atoms with Crippen LogP contribution in [0.5, 0.6) is 0 Å². The zero-order valence-electron chi connectivity index (χ0n) is 47.0. The standard InChI is InChI=1S/C72H70BN3S/c1-68(2,3)48-30-28-47(29-31-48)67-74-60-46-62-59(45-65(60)77-67)73-58-42-54(71(10,11)12)36-41-61(58)75(56-37-32-49(33-38-56)69(4,5)6)63-43-55(44-64(66(63)73)76(62)57-39-34-50(35-40-57)70(7,8)9)72(51-22-16-13-17-23-51,52-24-18-14-19-25-52)53-26-20-15-21-27-53/h13-46H,1-12H3. The predicted octanol–water partition coefficient (Wildman–Crippen LogP) is 17.6. The van der Waals surface area contributed by atoms with Crippen LogP contribution in [0.3, 0.4) is 0 Å². The molecule has 0 saturated heterocycles. The van der Waals surface area contributed by atoms with Crippen LogP contribution in [0.4, 0.5) is 34.1 Å². The molecule has 5 heteroatoms. The van der Waals surface area contributed by atoms with Gasteiger partial charge in [-0.2, -0.15) is 0 Å². The number of hydrogen-bond acceptors (Lipinski definition) is 4. The minimum absolute atomic E-state index is 0.00471. The van der Waals surface area contributed by atoms with Crippen LogP contribution in [0, 0.1) is 0 Å². The lowest BCUT2D eigenvalue weighted by Gasteiger charge is -2.46. The number of rotatable bonds is 7. The lowest BCUT2D eigenvalue weighted by atomic mass is 9.33. The van der Waals surface area contributed by atoms with E-state index in [1.54, 1.807) is 11.3 Å². The van der Waals surface area contributed by atoms with Crippen molar-refractivity contribution >= 4 is 78.8 Å². The van der Waals surface area contributed by atoms with E-state index in [0.29, 0.717) is 0 Å². The van der Waals surface area contributed by atoms with Crippen LogP contribution >= 0.6 is 11.3 Å². The van der Waals surface area contributed by atoms with Crippen LogP contribution in [0.15, 0.2) is 206 Å². The number of fused-ring (bicyclic) bond motifs is 5. The molecule has 0 radical (unpaired) electrons. The van der Waals surface area contributed by atoms with Crippen molar-refractivity contribution < 1.29 is 0 Å². The molecule has 0 atom stereocenters. The van der Waals surface area contributed by atoms with E-state index in [1.165, 1.54) is 82.7 Å². The van der Waals surface area contributed by atoms with Gasteiger partial charge < -0.3 is 9.80 Å². The second-order valence-corrected chi connectivity index (χ2v) is 26.8. The second-order valence-electron chi connectivity index (χ2n) is 25.7. The Bertz CT molecular complexity index is 3720. The monoisotopic (exact) mass is 1020 g/mol. The molecule has 77 heavy (non-hydrogen) atoms. The van der Waals surface area contributed by atoms with E-state index in [9.17, 15) is 0 Å². The van der Waals surface area contributed by atoms with Crippen LogP contribution in [0.1, 0.15) is 128 Å². The third-order valence-corrected chi connectivity index (χ3v) is 17.5. The highest BCUT2D eigenvalue weighted by Crippen LogP contribution is 2.52. The summed E-state index contributed by atoms with van der Waals surface area (Å²) in [5, 5.41) is 1.03. The zero-order valence-corrected chi connectivity index (χ0v) is 47.8. The maximum Gasteiger partial charge on any atom is 0.252 e. The summed E-state index contributed by atoms with van der Waals surface area (Å²) in [5.41, 5.74) is 22.3. The van der Waals surface area contributed by atoms with Gasteiger partial charge in [0.15, 0.2) is 0 Å². The van der Waals surface area contributed by atoms with Gasteiger partial charge in [-0.3, -0.25) is 0 Å². The van der Waals surface area contributed by atoms with Crippen molar-refractivity contribution in [2.45, 2.75) is 110 Å². The molecule has 3 heterocycles. The van der Waals surface area contributed by atoms with Gasteiger partial charge in [-0.05, 0) is 137 Å². The maximum atomic E-state index is 5.52. The average Bonchev–Trinajstić information content (AvgIpc) is 3.95. The van der Waals surface area contributed by atoms with Gasteiger partial charge in [0.2, 0.25) is 0 Å². The smallest absolute Gasteiger partial charge is 0.252 e.